The minimum atomic E-state index is -0.115. The van der Waals surface area contributed by atoms with Crippen LogP contribution in [-0.4, -0.2) is 5.60 Å². The molecule has 2 heteroatoms. The Bertz CT molecular complexity index is 174. The van der Waals surface area contributed by atoms with Gasteiger partial charge in [0.1, 0.15) is 11.4 Å². The van der Waals surface area contributed by atoms with E-state index in [9.17, 15) is 0 Å². The summed E-state index contributed by atoms with van der Waals surface area (Å²) in [6.45, 7) is 6.04. The molecule has 0 unspecified atom stereocenters. The first-order valence-electron chi connectivity index (χ1n) is 3.34. The minimum absolute atomic E-state index is 0.115. The van der Waals surface area contributed by atoms with E-state index >= 15 is 0 Å². The summed E-state index contributed by atoms with van der Waals surface area (Å²) in [5.74, 6) is 0.840. The topological polar surface area (TPSA) is 23.3 Å². The lowest BCUT2D eigenvalue weighted by Crippen LogP contribution is -2.17. The van der Waals surface area contributed by atoms with Gasteiger partial charge in [0, 0.05) is 12.3 Å². The molecule has 1 heterocycles. The van der Waals surface area contributed by atoms with Crippen LogP contribution >= 0.6 is 0 Å². The second kappa shape index (κ2) is 2.37. The zero-order chi connectivity index (χ0) is 7.61. The van der Waals surface area contributed by atoms with E-state index in [1.807, 2.05) is 26.8 Å². The number of ether oxygens (including phenoxy) is 1. The van der Waals surface area contributed by atoms with E-state index < -0.39 is 0 Å². The van der Waals surface area contributed by atoms with Crippen LogP contribution in [0, 0.1) is 0 Å². The average Bonchev–Trinajstić information content (AvgIpc) is 2.12. The number of nitrogens with zero attached hydrogens (tertiary/aromatic N) is 1. The molecule has 0 saturated heterocycles. The molecule has 0 aromatic rings. The molecule has 1 radical (unpaired) electrons. The van der Waals surface area contributed by atoms with Gasteiger partial charge in [-0.25, -0.2) is 0 Å². The second-order valence-corrected chi connectivity index (χ2v) is 3.21. The van der Waals surface area contributed by atoms with Gasteiger partial charge in [-0.3, -0.25) is 5.32 Å². The van der Waals surface area contributed by atoms with Crippen LogP contribution in [0.3, 0.4) is 0 Å². The summed E-state index contributed by atoms with van der Waals surface area (Å²) >= 11 is 0. The summed E-state index contributed by atoms with van der Waals surface area (Å²) in [6.07, 6.45) is 5.29. The molecular formula is C8H12NO. The third-order valence-corrected chi connectivity index (χ3v) is 0.951. The minimum Gasteiger partial charge on any atom is -0.486 e. The van der Waals surface area contributed by atoms with Crippen molar-refractivity contribution >= 4 is 0 Å². The predicted octanol–water partition coefficient (Wildman–Crippen LogP) is 1.77. The number of hydrogen-bond donors (Lipinski definition) is 0. The van der Waals surface area contributed by atoms with E-state index in [0.717, 1.165) is 5.76 Å². The van der Waals surface area contributed by atoms with E-state index in [0.29, 0.717) is 0 Å². The lowest BCUT2D eigenvalue weighted by molar-refractivity contribution is 0.0601. The van der Waals surface area contributed by atoms with Gasteiger partial charge in [-0.15, -0.1) is 0 Å². The Morgan fingerprint density at radius 1 is 1.40 bits per heavy atom. The summed E-state index contributed by atoms with van der Waals surface area (Å²) < 4.78 is 5.48. The van der Waals surface area contributed by atoms with Crippen molar-refractivity contribution in [2.24, 2.45) is 0 Å². The number of allylic oxidation sites excluding steroid dienone is 1. The van der Waals surface area contributed by atoms with Crippen LogP contribution in [0.1, 0.15) is 20.8 Å². The monoisotopic (exact) mass is 138 g/mol. The standard InChI is InChI=1S/C8H12NO/c1-8(2,3)10-7-4-5-9-6-7/h4-6H,1-3H3. The molecule has 0 N–H and O–H groups in total. The van der Waals surface area contributed by atoms with Crippen LogP contribution in [0.4, 0.5) is 0 Å². The van der Waals surface area contributed by atoms with Crippen molar-refractivity contribution in [3.8, 4) is 0 Å². The van der Waals surface area contributed by atoms with Crippen molar-refractivity contribution in [2.75, 3.05) is 0 Å². The van der Waals surface area contributed by atoms with Crippen LogP contribution in [0.2, 0.25) is 0 Å². The van der Waals surface area contributed by atoms with E-state index in [1.165, 1.54) is 0 Å². The normalized spacial score (nSPS) is 16.5. The second-order valence-electron chi connectivity index (χ2n) is 3.21. The molecular weight excluding hydrogens is 126 g/mol. The zero-order valence-corrected chi connectivity index (χ0v) is 6.59. The van der Waals surface area contributed by atoms with Crippen molar-refractivity contribution < 1.29 is 4.74 Å². The van der Waals surface area contributed by atoms with Crippen molar-refractivity contribution in [3.05, 3.63) is 24.2 Å². The fourth-order valence-corrected chi connectivity index (χ4v) is 0.690. The molecule has 0 spiro atoms. The molecule has 0 atom stereocenters. The van der Waals surface area contributed by atoms with E-state index in [-0.39, 0.29) is 5.60 Å². The number of hydrogen-bond acceptors (Lipinski definition) is 1. The highest BCUT2D eigenvalue weighted by Crippen LogP contribution is 2.15. The lowest BCUT2D eigenvalue weighted by atomic mass is 10.2. The summed E-state index contributed by atoms with van der Waals surface area (Å²) in [6, 6.07) is 0. The van der Waals surface area contributed by atoms with Gasteiger partial charge >= 0.3 is 0 Å². The van der Waals surface area contributed by atoms with E-state index in [2.05, 4.69) is 5.32 Å². The largest absolute Gasteiger partial charge is 0.486 e. The highest BCUT2D eigenvalue weighted by Gasteiger charge is 2.13. The Hall–Kier alpha value is -0.920. The fourth-order valence-electron chi connectivity index (χ4n) is 0.690. The Morgan fingerprint density at radius 3 is 2.50 bits per heavy atom. The highest BCUT2D eigenvalue weighted by atomic mass is 16.5. The smallest absolute Gasteiger partial charge is 0.139 e. The first-order chi connectivity index (χ1) is 4.58. The molecule has 0 amide bonds. The molecule has 0 fully saturated rings. The van der Waals surface area contributed by atoms with E-state index in [4.69, 9.17) is 4.74 Å². The number of rotatable bonds is 1. The van der Waals surface area contributed by atoms with Gasteiger partial charge in [-0.05, 0) is 20.8 Å². The summed E-state index contributed by atoms with van der Waals surface area (Å²) in [7, 11) is 0. The average molecular weight is 138 g/mol. The van der Waals surface area contributed by atoms with Gasteiger partial charge in [0.25, 0.3) is 0 Å². The molecule has 1 rings (SSSR count). The van der Waals surface area contributed by atoms with Crippen LogP contribution in [0.15, 0.2) is 24.2 Å². The van der Waals surface area contributed by atoms with Crippen molar-refractivity contribution in [2.45, 2.75) is 26.4 Å². The Morgan fingerprint density at radius 2 is 2.10 bits per heavy atom. The maximum Gasteiger partial charge on any atom is 0.139 e. The van der Waals surface area contributed by atoms with Crippen molar-refractivity contribution in [1.29, 1.82) is 0 Å². The fraction of sp³-hybridized carbons (Fsp3) is 0.500. The Kier molecular flexibility index (Phi) is 1.70. The summed E-state index contributed by atoms with van der Waals surface area (Å²) in [4.78, 5) is 0. The molecule has 0 aromatic carbocycles. The summed E-state index contributed by atoms with van der Waals surface area (Å²) in [5, 5.41) is 3.88. The van der Waals surface area contributed by atoms with Crippen LogP contribution in [-0.2, 0) is 4.74 Å². The van der Waals surface area contributed by atoms with Gasteiger partial charge in [0.15, 0.2) is 0 Å². The highest BCUT2D eigenvalue weighted by molar-refractivity contribution is 5.18. The zero-order valence-electron chi connectivity index (χ0n) is 6.59. The first-order valence-corrected chi connectivity index (χ1v) is 3.34. The lowest BCUT2D eigenvalue weighted by Gasteiger charge is -2.20. The van der Waals surface area contributed by atoms with Gasteiger partial charge in [-0.1, -0.05) is 0 Å². The maximum absolute atomic E-state index is 5.48. The Balaban J connectivity index is 2.46. The molecule has 0 aromatic heterocycles. The Labute approximate surface area is 61.6 Å². The van der Waals surface area contributed by atoms with Crippen molar-refractivity contribution in [3.63, 3.8) is 0 Å². The van der Waals surface area contributed by atoms with Crippen LogP contribution in [0.25, 0.3) is 0 Å². The third kappa shape index (κ3) is 2.13. The molecule has 1 aliphatic rings. The van der Waals surface area contributed by atoms with E-state index in [1.54, 1.807) is 12.4 Å². The molecule has 0 bridgehead atoms. The third-order valence-electron chi connectivity index (χ3n) is 0.951. The molecule has 10 heavy (non-hydrogen) atoms. The van der Waals surface area contributed by atoms with Gasteiger partial charge in [-0.2, -0.15) is 0 Å². The molecule has 55 valence electrons. The summed E-state index contributed by atoms with van der Waals surface area (Å²) in [5.41, 5.74) is -0.115. The molecule has 0 aliphatic carbocycles. The maximum atomic E-state index is 5.48. The van der Waals surface area contributed by atoms with Gasteiger partial charge in [0.2, 0.25) is 0 Å². The molecule has 1 aliphatic heterocycles. The van der Waals surface area contributed by atoms with Gasteiger partial charge < -0.3 is 4.74 Å². The van der Waals surface area contributed by atoms with Crippen molar-refractivity contribution in [1.82, 2.24) is 5.32 Å². The first kappa shape index (κ1) is 7.19. The quantitative estimate of drug-likeness (QED) is 0.541. The van der Waals surface area contributed by atoms with Crippen LogP contribution < -0.4 is 5.32 Å². The van der Waals surface area contributed by atoms with Crippen LogP contribution in [0.5, 0.6) is 0 Å². The molecule has 2 nitrogen and oxygen atoms in total. The predicted molar refractivity (Wildman–Crippen MR) is 40.2 cm³/mol. The SMILES string of the molecule is CC(C)(C)OC1=C[N]C=C1. The molecule has 0 saturated carbocycles. The van der Waals surface area contributed by atoms with Gasteiger partial charge in [0.05, 0.1) is 6.20 Å².